The summed E-state index contributed by atoms with van der Waals surface area (Å²) in [7, 11) is 0.828. The lowest BCUT2D eigenvalue weighted by atomic mass is 9.87. The van der Waals surface area contributed by atoms with E-state index in [0.29, 0.717) is 33.0 Å². The molecule has 0 radical (unpaired) electrons. The lowest BCUT2D eigenvalue weighted by molar-refractivity contribution is -0.391. The number of methoxy groups -OCH3 is 1. The van der Waals surface area contributed by atoms with Gasteiger partial charge in [0.2, 0.25) is 11.8 Å². The first-order valence-corrected chi connectivity index (χ1v) is 33.4. The summed E-state index contributed by atoms with van der Waals surface area (Å²) < 4.78 is 124. The van der Waals surface area contributed by atoms with Gasteiger partial charge in [-0.05, 0) is 19.1 Å². The zero-order chi connectivity index (χ0) is 74.5. The molecule has 21 atom stereocenters. The Kier molecular flexibility index (Phi) is 36.4. The summed E-state index contributed by atoms with van der Waals surface area (Å²) in [5.41, 5.74) is -0.0192. The normalized spacial score (nSPS) is 30.0. The van der Waals surface area contributed by atoms with Crippen molar-refractivity contribution in [2.24, 2.45) is 0 Å². The van der Waals surface area contributed by atoms with Crippen LogP contribution in [0.2, 0.25) is 0 Å². The van der Waals surface area contributed by atoms with E-state index in [1.54, 1.807) is 6.07 Å². The standard InChI is InChI=1S/C63H93BrN2O35/c1-32-48(76)49(77)50(78)60(90-32)99-54-47(66-34(3)69)59(87-27-26-86-25-24-85-23-22-84-21-20-83-19-18-82-17-16-64)96-43(29-67)51(54)98-61-57(95-40(9)75)56(53(94-39(8)74)45(97-61)31-89-58(79)41-14-12-11-13-15-41)101-63(62(80)81-10)28-42(91-36(5)71)46(65-33(2)68)55(100-63)52(93-38(7)73)44(92-37(6)72)30-88-35(4)70/h11-15,32,42-57,59-61,67,76-78H,16-31H2,1-10H3,(H,65,68)(H,66,69)/t32-,42-,43+,44+,45+,46+,47+,48+,49+,50-,51+,52+,53-,54+,55+,56-,57+,59+,60-,61-,63-/m0/s1. The Balaban J connectivity index is 1.65. The number of carbonyl (C=O) groups is 10. The number of amides is 2. The van der Waals surface area contributed by atoms with Crippen molar-refractivity contribution in [1.29, 1.82) is 0 Å². The van der Waals surface area contributed by atoms with Gasteiger partial charge in [-0.2, -0.15) is 0 Å². The summed E-state index contributed by atoms with van der Waals surface area (Å²) in [6.07, 6.45) is -36.3. The fourth-order valence-electron chi connectivity index (χ4n) is 11.1. The first-order chi connectivity index (χ1) is 48.0. The Morgan fingerprint density at radius 1 is 0.564 bits per heavy atom. The highest BCUT2D eigenvalue weighted by atomic mass is 79.9. The number of halogens is 1. The van der Waals surface area contributed by atoms with Crippen molar-refractivity contribution >= 4 is 75.5 Å². The third kappa shape index (κ3) is 26.7. The molecule has 6 N–H and O–H groups in total. The average Bonchev–Trinajstić information content (AvgIpc) is 0.744. The van der Waals surface area contributed by atoms with Gasteiger partial charge in [0.25, 0.3) is 5.79 Å². The predicted molar refractivity (Wildman–Crippen MR) is 336 cm³/mol. The predicted octanol–water partition coefficient (Wildman–Crippen LogP) is -2.35. The molecular weight excluding hydrogens is 1420 g/mol. The van der Waals surface area contributed by atoms with E-state index >= 15 is 4.79 Å². The second-order valence-corrected chi connectivity index (χ2v) is 23.9. The second kappa shape index (κ2) is 43.1. The van der Waals surface area contributed by atoms with Crippen molar-refractivity contribution in [3.8, 4) is 0 Å². The minimum atomic E-state index is -3.22. The van der Waals surface area contributed by atoms with Gasteiger partial charge in [0.1, 0.15) is 80.3 Å². The van der Waals surface area contributed by atoms with Crippen LogP contribution in [0.15, 0.2) is 30.3 Å². The molecule has 4 aliphatic rings. The number of ether oxygens (including phenoxy) is 21. The lowest BCUT2D eigenvalue weighted by Crippen LogP contribution is -2.72. The maximum absolute atomic E-state index is 15.1. The van der Waals surface area contributed by atoms with E-state index in [9.17, 15) is 63.6 Å². The zero-order valence-electron chi connectivity index (χ0n) is 57.6. The molecule has 0 saturated carbocycles. The summed E-state index contributed by atoms with van der Waals surface area (Å²) in [6, 6.07) is 3.99. The van der Waals surface area contributed by atoms with Crippen LogP contribution in [0.25, 0.3) is 0 Å². The van der Waals surface area contributed by atoms with E-state index in [2.05, 4.69) is 26.6 Å². The van der Waals surface area contributed by atoms with Crippen LogP contribution in [0.5, 0.6) is 0 Å². The fraction of sp³-hybridized carbons (Fsp3) is 0.746. The van der Waals surface area contributed by atoms with Crippen molar-refractivity contribution in [1.82, 2.24) is 10.6 Å². The monoisotopic (exact) mass is 1520 g/mol. The first-order valence-electron chi connectivity index (χ1n) is 32.2. The molecule has 0 aliphatic carbocycles. The summed E-state index contributed by atoms with van der Waals surface area (Å²) in [4.78, 5) is 134. The molecule has 5 rings (SSSR count). The number of alkyl halides is 1. The number of rotatable bonds is 40. The summed E-state index contributed by atoms with van der Waals surface area (Å²) >= 11 is 3.28. The smallest absolute Gasteiger partial charge is 0.366 e. The minimum absolute atomic E-state index is 0.0192. The van der Waals surface area contributed by atoms with Crippen LogP contribution in [0.4, 0.5) is 0 Å². The van der Waals surface area contributed by atoms with E-state index in [0.717, 1.165) is 67.8 Å². The molecule has 0 spiro atoms. The van der Waals surface area contributed by atoms with Crippen LogP contribution in [0.1, 0.15) is 79.1 Å². The number of hydrogen-bond acceptors (Lipinski definition) is 35. The lowest BCUT2D eigenvalue weighted by Gasteiger charge is -2.53. The Labute approximate surface area is 589 Å². The molecule has 0 aromatic heterocycles. The van der Waals surface area contributed by atoms with Gasteiger partial charge in [0.15, 0.2) is 43.3 Å². The maximum Gasteiger partial charge on any atom is 0.366 e. The molecule has 1 aromatic carbocycles. The molecule has 4 saturated heterocycles. The summed E-state index contributed by atoms with van der Waals surface area (Å²) in [6.45, 7) is 8.40. The summed E-state index contributed by atoms with van der Waals surface area (Å²) in [5, 5.41) is 50.6. The molecule has 101 heavy (non-hydrogen) atoms. The number of aliphatic hydroxyl groups is 4. The van der Waals surface area contributed by atoms with Crippen molar-refractivity contribution < 1.29 is 168 Å². The van der Waals surface area contributed by atoms with Crippen molar-refractivity contribution in [3.05, 3.63) is 35.9 Å². The molecular formula is C63H93BrN2O35. The van der Waals surface area contributed by atoms with Gasteiger partial charge >= 0.3 is 47.8 Å². The minimum Gasteiger partial charge on any atom is -0.465 e. The van der Waals surface area contributed by atoms with E-state index in [4.69, 9.17) is 99.5 Å². The van der Waals surface area contributed by atoms with Crippen molar-refractivity contribution in [2.75, 3.05) is 105 Å². The average molecular weight is 1520 g/mol. The van der Waals surface area contributed by atoms with Crippen LogP contribution in [0.3, 0.4) is 0 Å². The van der Waals surface area contributed by atoms with Crippen LogP contribution in [-0.4, -0.2) is 313 Å². The van der Waals surface area contributed by atoms with E-state index in [1.807, 2.05) is 0 Å². The number of hydrogen-bond donors (Lipinski definition) is 6. The molecule has 37 nitrogen and oxygen atoms in total. The second-order valence-electron chi connectivity index (χ2n) is 23.1. The molecule has 1 aromatic rings. The number of benzene rings is 1. The largest absolute Gasteiger partial charge is 0.465 e. The van der Waals surface area contributed by atoms with Gasteiger partial charge in [-0.3, -0.25) is 38.4 Å². The van der Waals surface area contributed by atoms with Gasteiger partial charge in [-0.25, -0.2) is 9.59 Å². The molecule has 4 fully saturated rings. The number of nitrogens with one attached hydrogen (secondary N) is 2. The zero-order valence-corrected chi connectivity index (χ0v) is 59.2. The molecule has 38 heteroatoms. The third-order valence-corrected chi connectivity index (χ3v) is 15.5. The van der Waals surface area contributed by atoms with Gasteiger partial charge in [0, 0.05) is 60.7 Å². The molecule has 0 bridgehead atoms. The van der Waals surface area contributed by atoms with Crippen molar-refractivity contribution in [2.45, 2.75) is 197 Å². The first kappa shape index (κ1) is 85.4. The van der Waals surface area contributed by atoms with Crippen molar-refractivity contribution in [3.63, 3.8) is 0 Å². The SMILES string of the molecule is COC(=O)[C@@]1(O[C@H]2[C@@H](OC(C)=O)[C@@H](COC(=O)c3ccccc3)O[C@@H](O[C@H]3[C@H](O[C@@H]4O[C@@H](C)[C@@H](O)[C@@H](O)[C@@H]4O)[C@@H](NC(C)=O)[C@H](OCCOCCOCCOCCOCCOCCBr)O[C@@H]3CO)[C@@H]2OC(C)=O)C[C@H](OC(C)=O)[C@@H](NC(C)=O)[C@H]([C@H](OC(C)=O)[C@@H](COC(C)=O)OC(C)=O)O1. The topological polar surface area (TPSA) is 470 Å². The molecule has 2 amide bonds. The Morgan fingerprint density at radius 3 is 1.62 bits per heavy atom. The van der Waals surface area contributed by atoms with E-state index < -0.39 is 214 Å². The molecule has 4 aliphatic heterocycles. The fourth-order valence-corrected chi connectivity index (χ4v) is 11.3. The van der Waals surface area contributed by atoms with Gasteiger partial charge in [0.05, 0.1) is 111 Å². The van der Waals surface area contributed by atoms with Crippen LogP contribution in [-0.2, 0) is 143 Å². The van der Waals surface area contributed by atoms with Gasteiger partial charge in [-0.15, -0.1) is 0 Å². The van der Waals surface area contributed by atoms with Crippen LogP contribution in [0, 0.1) is 0 Å². The quantitative estimate of drug-likeness (QED) is 0.0173. The maximum atomic E-state index is 15.1. The number of aliphatic hydroxyl groups excluding tert-OH is 4. The van der Waals surface area contributed by atoms with Crippen LogP contribution < -0.4 is 10.6 Å². The van der Waals surface area contributed by atoms with Crippen LogP contribution >= 0.6 is 15.9 Å². The Morgan fingerprint density at radius 2 is 1.10 bits per heavy atom. The molecule has 0 unspecified atom stereocenters. The Bertz CT molecular complexity index is 2810. The highest BCUT2D eigenvalue weighted by molar-refractivity contribution is 9.09. The highest BCUT2D eigenvalue weighted by Gasteiger charge is 2.64. The van der Waals surface area contributed by atoms with Gasteiger partial charge in [-0.1, -0.05) is 34.1 Å². The molecule has 4 heterocycles. The third-order valence-electron chi connectivity index (χ3n) is 15.2. The summed E-state index contributed by atoms with van der Waals surface area (Å²) in [5.74, 6) is -14.1. The molecule has 572 valence electrons. The van der Waals surface area contributed by atoms with E-state index in [-0.39, 0.29) is 45.2 Å². The van der Waals surface area contributed by atoms with E-state index in [1.165, 1.54) is 31.2 Å². The highest BCUT2D eigenvalue weighted by Crippen LogP contribution is 2.43. The Hall–Kier alpha value is -6.28. The van der Waals surface area contributed by atoms with Gasteiger partial charge < -0.3 is 131 Å². The number of carbonyl (C=O) groups excluding carboxylic acids is 10. The number of esters is 8.